The Hall–Kier alpha value is -0.800. The molecule has 40 valence electrons. The van der Waals surface area contributed by atoms with Gasteiger partial charge in [-0.3, -0.25) is 0 Å². The van der Waals surface area contributed by atoms with Crippen LogP contribution in [0.15, 0.2) is 12.4 Å². The van der Waals surface area contributed by atoms with Crippen molar-refractivity contribution in [2.24, 2.45) is 0 Å². The normalized spacial score (nSPS) is 23.7. The molecule has 0 aromatic rings. The molecule has 1 aliphatic heterocycles. The maximum absolute atomic E-state index is 11.7. The zero-order chi connectivity index (χ0) is 5.33. The standard InChI is InChI=1S/C3H4F2N2/c4-3(5)6-1-2-7-3/h1-2,6-7H. The predicted molar refractivity (Wildman–Crippen MR) is 20.4 cm³/mol. The minimum atomic E-state index is -2.92. The van der Waals surface area contributed by atoms with Gasteiger partial charge < -0.3 is 10.6 Å². The summed E-state index contributed by atoms with van der Waals surface area (Å²) in [5.74, 6) is 0. The van der Waals surface area contributed by atoms with Crippen molar-refractivity contribution < 1.29 is 8.78 Å². The fourth-order valence-corrected chi connectivity index (χ4v) is 0.334. The predicted octanol–water partition coefficient (Wildman–Crippen LogP) is 0.201. The molecule has 2 N–H and O–H groups in total. The molecule has 0 radical (unpaired) electrons. The lowest BCUT2D eigenvalue weighted by molar-refractivity contribution is -0.0326. The van der Waals surface area contributed by atoms with Crippen molar-refractivity contribution in [3.8, 4) is 0 Å². The molecule has 0 unspecified atom stereocenters. The van der Waals surface area contributed by atoms with Gasteiger partial charge in [-0.2, -0.15) is 8.78 Å². The number of hydrogen-bond donors (Lipinski definition) is 2. The topological polar surface area (TPSA) is 24.1 Å². The van der Waals surface area contributed by atoms with Crippen LogP contribution in [0.2, 0.25) is 0 Å². The van der Waals surface area contributed by atoms with Crippen LogP contribution >= 0.6 is 0 Å². The van der Waals surface area contributed by atoms with Gasteiger partial charge in [0.05, 0.1) is 0 Å². The second kappa shape index (κ2) is 1.08. The molecule has 1 rings (SSSR count). The lowest BCUT2D eigenvalue weighted by Crippen LogP contribution is -2.38. The quantitative estimate of drug-likeness (QED) is 0.431. The Morgan fingerprint density at radius 3 is 1.71 bits per heavy atom. The second-order valence-electron chi connectivity index (χ2n) is 1.20. The molecule has 0 aromatic carbocycles. The first kappa shape index (κ1) is 4.36. The van der Waals surface area contributed by atoms with E-state index in [0.29, 0.717) is 0 Å². The van der Waals surface area contributed by atoms with E-state index in [0.717, 1.165) is 12.4 Å². The molecule has 2 nitrogen and oxygen atoms in total. The summed E-state index contributed by atoms with van der Waals surface area (Å²) in [5, 5.41) is 3.54. The van der Waals surface area contributed by atoms with Gasteiger partial charge >= 0.3 is 6.17 Å². The summed E-state index contributed by atoms with van der Waals surface area (Å²) in [6.45, 7) is 0. The average Bonchev–Trinajstić information content (AvgIpc) is 1.84. The number of rotatable bonds is 0. The molecular formula is C3H4F2N2. The third-order valence-corrected chi connectivity index (χ3v) is 0.613. The molecule has 4 heteroatoms. The molecule has 0 fully saturated rings. The Bertz CT molecular complexity index is 89.1. The summed E-state index contributed by atoms with van der Waals surface area (Å²) in [7, 11) is 0. The van der Waals surface area contributed by atoms with Crippen molar-refractivity contribution in [3.05, 3.63) is 12.4 Å². The van der Waals surface area contributed by atoms with E-state index in [4.69, 9.17) is 0 Å². The van der Waals surface area contributed by atoms with Gasteiger partial charge in [0.2, 0.25) is 0 Å². The maximum atomic E-state index is 11.7. The molecule has 1 aliphatic rings. The molecule has 0 bridgehead atoms. The minimum absolute atomic E-state index is 1.15. The lowest BCUT2D eigenvalue weighted by atomic mass is 11.0. The first-order valence-electron chi connectivity index (χ1n) is 1.79. The summed E-state index contributed by atoms with van der Waals surface area (Å²) in [6, 6.07) is 0. The van der Waals surface area contributed by atoms with Crippen LogP contribution in [0.1, 0.15) is 0 Å². The van der Waals surface area contributed by atoms with Crippen molar-refractivity contribution in [1.29, 1.82) is 0 Å². The fourth-order valence-electron chi connectivity index (χ4n) is 0.334. The van der Waals surface area contributed by atoms with Gasteiger partial charge in [-0.25, -0.2) is 0 Å². The summed E-state index contributed by atoms with van der Waals surface area (Å²) in [4.78, 5) is 0. The number of alkyl halides is 2. The Morgan fingerprint density at radius 2 is 1.57 bits per heavy atom. The molecule has 0 atom stereocenters. The van der Waals surface area contributed by atoms with Crippen LogP contribution in [0.5, 0.6) is 0 Å². The summed E-state index contributed by atoms with van der Waals surface area (Å²) in [5.41, 5.74) is 0. The number of hydrogen-bond acceptors (Lipinski definition) is 2. The van der Waals surface area contributed by atoms with E-state index in [1.165, 1.54) is 0 Å². The average molecular weight is 106 g/mol. The van der Waals surface area contributed by atoms with Gasteiger partial charge in [0.25, 0.3) is 0 Å². The maximum Gasteiger partial charge on any atom is 0.408 e. The molecule has 0 spiro atoms. The SMILES string of the molecule is FC1(F)NC=CN1. The van der Waals surface area contributed by atoms with Gasteiger partial charge in [0.15, 0.2) is 0 Å². The first-order valence-corrected chi connectivity index (χ1v) is 1.79. The zero-order valence-electron chi connectivity index (χ0n) is 3.41. The number of nitrogens with one attached hydrogen (secondary N) is 2. The first-order chi connectivity index (χ1) is 3.21. The summed E-state index contributed by atoms with van der Waals surface area (Å²) >= 11 is 0. The third-order valence-electron chi connectivity index (χ3n) is 0.613. The van der Waals surface area contributed by atoms with Crippen molar-refractivity contribution in [3.63, 3.8) is 0 Å². The van der Waals surface area contributed by atoms with Crippen LogP contribution in [0.3, 0.4) is 0 Å². The smallest absolute Gasteiger partial charge is 0.313 e. The van der Waals surface area contributed by atoms with Gasteiger partial charge in [0, 0.05) is 12.4 Å². The molecule has 0 saturated heterocycles. The summed E-state index contributed by atoms with van der Waals surface area (Å²) in [6.07, 6.45) is -0.611. The van der Waals surface area contributed by atoms with E-state index < -0.39 is 6.17 Å². The van der Waals surface area contributed by atoms with Gasteiger partial charge in [-0.05, 0) is 0 Å². The van der Waals surface area contributed by atoms with Crippen LogP contribution in [0.4, 0.5) is 8.78 Å². The molecule has 0 aromatic heterocycles. The van der Waals surface area contributed by atoms with Crippen LogP contribution in [-0.2, 0) is 0 Å². The van der Waals surface area contributed by atoms with E-state index in [1.54, 1.807) is 10.6 Å². The van der Waals surface area contributed by atoms with Crippen LogP contribution in [-0.4, -0.2) is 6.17 Å². The molecule has 0 aliphatic carbocycles. The largest absolute Gasteiger partial charge is 0.408 e. The number of halogens is 2. The van der Waals surface area contributed by atoms with Crippen molar-refractivity contribution >= 4 is 0 Å². The Morgan fingerprint density at radius 1 is 1.14 bits per heavy atom. The van der Waals surface area contributed by atoms with Gasteiger partial charge in [0.1, 0.15) is 0 Å². The van der Waals surface area contributed by atoms with Gasteiger partial charge in [-0.1, -0.05) is 0 Å². The zero-order valence-corrected chi connectivity index (χ0v) is 3.41. The fraction of sp³-hybridized carbons (Fsp3) is 0.333. The third kappa shape index (κ3) is 0.792. The Kier molecular flexibility index (Phi) is 0.675. The molecule has 0 saturated carbocycles. The second-order valence-corrected chi connectivity index (χ2v) is 1.20. The highest BCUT2D eigenvalue weighted by atomic mass is 19.3. The van der Waals surface area contributed by atoms with E-state index in [1.807, 2.05) is 0 Å². The van der Waals surface area contributed by atoms with E-state index in [2.05, 4.69) is 0 Å². The Balaban J connectivity index is 2.49. The molecule has 7 heavy (non-hydrogen) atoms. The van der Waals surface area contributed by atoms with Crippen LogP contribution in [0, 0.1) is 0 Å². The highest BCUT2D eigenvalue weighted by Gasteiger charge is 2.27. The van der Waals surface area contributed by atoms with Crippen molar-refractivity contribution in [2.45, 2.75) is 6.17 Å². The lowest BCUT2D eigenvalue weighted by Gasteiger charge is -2.07. The minimum Gasteiger partial charge on any atom is -0.313 e. The Labute approximate surface area is 39.2 Å². The van der Waals surface area contributed by atoms with Crippen molar-refractivity contribution in [1.82, 2.24) is 10.6 Å². The molecule has 0 amide bonds. The monoisotopic (exact) mass is 106 g/mol. The van der Waals surface area contributed by atoms with E-state index >= 15 is 0 Å². The highest BCUT2D eigenvalue weighted by Crippen LogP contribution is 2.06. The highest BCUT2D eigenvalue weighted by molar-refractivity contribution is 4.89. The summed E-state index contributed by atoms with van der Waals surface area (Å²) < 4.78 is 23.3. The van der Waals surface area contributed by atoms with Gasteiger partial charge in [-0.15, -0.1) is 0 Å². The van der Waals surface area contributed by atoms with Crippen LogP contribution < -0.4 is 10.6 Å². The van der Waals surface area contributed by atoms with Crippen molar-refractivity contribution in [2.75, 3.05) is 0 Å². The van der Waals surface area contributed by atoms with E-state index in [-0.39, 0.29) is 0 Å². The molecule has 1 heterocycles. The van der Waals surface area contributed by atoms with E-state index in [9.17, 15) is 8.78 Å². The molecular weight excluding hydrogens is 102 g/mol. The van der Waals surface area contributed by atoms with Crippen LogP contribution in [0.25, 0.3) is 0 Å².